The third kappa shape index (κ3) is 2.31. The van der Waals surface area contributed by atoms with Crippen molar-refractivity contribution < 1.29 is 4.39 Å². The molecule has 0 aliphatic carbocycles. The van der Waals surface area contributed by atoms with E-state index in [1.165, 1.54) is 17.4 Å². The van der Waals surface area contributed by atoms with Gasteiger partial charge in [-0.2, -0.15) is 4.52 Å². The van der Waals surface area contributed by atoms with Crippen LogP contribution in [0, 0.1) is 12.7 Å². The second-order valence-corrected chi connectivity index (χ2v) is 7.47. The van der Waals surface area contributed by atoms with Crippen LogP contribution in [-0.4, -0.2) is 51.0 Å². The van der Waals surface area contributed by atoms with Crippen molar-refractivity contribution in [2.75, 3.05) is 29.9 Å². The summed E-state index contributed by atoms with van der Waals surface area (Å²) in [6, 6.07) is 9.28. The van der Waals surface area contributed by atoms with E-state index in [2.05, 4.69) is 30.1 Å². The largest absolute Gasteiger partial charge is 0.351 e. The molecule has 1 saturated heterocycles. The number of aryl methyl sites for hydroxylation is 1. The van der Waals surface area contributed by atoms with Crippen LogP contribution in [0.15, 0.2) is 30.3 Å². The SMILES string of the molecule is Cc1nnc2ccc(N3CC(N(C)c4nc5c(F)cccc5s4)C3)nn12. The van der Waals surface area contributed by atoms with Gasteiger partial charge in [-0.1, -0.05) is 17.4 Å². The van der Waals surface area contributed by atoms with Crippen molar-refractivity contribution in [3.8, 4) is 0 Å². The van der Waals surface area contributed by atoms with E-state index in [0.29, 0.717) is 11.6 Å². The van der Waals surface area contributed by atoms with E-state index in [9.17, 15) is 4.39 Å². The van der Waals surface area contributed by atoms with Gasteiger partial charge in [0.15, 0.2) is 16.6 Å². The van der Waals surface area contributed by atoms with Gasteiger partial charge in [-0.15, -0.1) is 15.3 Å². The first-order valence-corrected chi connectivity index (χ1v) is 9.14. The second-order valence-electron chi connectivity index (χ2n) is 6.46. The van der Waals surface area contributed by atoms with Gasteiger partial charge in [0.2, 0.25) is 0 Å². The molecule has 0 unspecified atom stereocenters. The number of hydrogen-bond donors (Lipinski definition) is 0. The van der Waals surface area contributed by atoms with E-state index in [1.807, 2.05) is 32.2 Å². The third-order valence-electron chi connectivity index (χ3n) is 4.80. The molecule has 3 aromatic heterocycles. The lowest BCUT2D eigenvalue weighted by molar-refractivity contribution is 0.489. The Balaban J connectivity index is 1.34. The average Bonchev–Trinajstić information content (AvgIpc) is 3.19. The normalized spacial score (nSPS) is 15.0. The van der Waals surface area contributed by atoms with Crippen molar-refractivity contribution >= 4 is 38.2 Å². The highest BCUT2D eigenvalue weighted by Gasteiger charge is 2.32. The summed E-state index contributed by atoms with van der Waals surface area (Å²) < 4.78 is 16.5. The van der Waals surface area contributed by atoms with Crippen LogP contribution in [0.1, 0.15) is 5.82 Å². The van der Waals surface area contributed by atoms with Crippen molar-refractivity contribution in [3.63, 3.8) is 0 Å². The Morgan fingerprint density at radius 2 is 2.04 bits per heavy atom. The molecule has 26 heavy (non-hydrogen) atoms. The number of para-hydroxylation sites is 1. The molecule has 4 heterocycles. The first-order valence-electron chi connectivity index (χ1n) is 8.32. The molecule has 7 nitrogen and oxygen atoms in total. The Hall–Kier alpha value is -2.81. The molecule has 5 rings (SSSR count). The number of aromatic nitrogens is 5. The predicted octanol–water partition coefficient (Wildman–Crippen LogP) is 2.51. The summed E-state index contributed by atoms with van der Waals surface area (Å²) >= 11 is 1.52. The lowest BCUT2D eigenvalue weighted by atomic mass is 10.1. The van der Waals surface area contributed by atoms with Gasteiger partial charge in [0.05, 0.1) is 10.7 Å². The van der Waals surface area contributed by atoms with Gasteiger partial charge >= 0.3 is 0 Å². The lowest BCUT2D eigenvalue weighted by Gasteiger charge is -2.44. The minimum absolute atomic E-state index is 0.268. The molecule has 132 valence electrons. The Kier molecular flexibility index (Phi) is 3.33. The van der Waals surface area contributed by atoms with E-state index in [1.54, 1.807) is 10.6 Å². The molecule has 1 aromatic carbocycles. The van der Waals surface area contributed by atoms with Crippen molar-refractivity contribution in [1.29, 1.82) is 0 Å². The Morgan fingerprint density at radius 3 is 2.85 bits per heavy atom. The molecule has 4 aromatic rings. The number of nitrogens with zero attached hydrogens (tertiary/aromatic N) is 7. The summed E-state index contributed by atoms with van der Waals surface area (Å²) in [7, 11) is 2.01. The van der Waals surface area contributed by atoms with Crippen LogP contribution in [0.4, 0.5) is 15.3 Å². The van der Waals surface area contributed by atoms with Gasteiger partial charge in [-0.3, -0.25) is 0 Å². The molecule has 0 bridgehead atoms. The zero-order valence-corrected chi connectivity index (χ0v) is 15.1. The molecular formula is C17H16FN7S. The van der Waals surface area contributed by atoms with Gasteiger partial charge in [0.1, 0.15) is 17.2 Å². The Bertz CT molecular complexity index is 1110. The van der Waals surface area contributed by atoms with E-state index >= 15 is 0 Å². The summed E-state index contributed by atoms with van der Waals surface area (Å²) in [5.74, 6) is 1.41. The van der Waals surface area contributed by atoms with Gasteiger partial charge in [-0.05, 0) is 31.2 Å². The van der Waals surface area contributed by atoms with Crippen LogP contribution in [0.3, 0.4) is 0 Å². The fourth-order valence-electron chi connectivity index (χ4n) is 3.15. The van der Waals surface area contributed by atoms with E-state index in [0.717, 1.165) is 40.2 Å². The molecule has 1 fully saturated rings. The monoisotopic (exact) mass is 369 g/mol. The summed E-state index contributed by atoms with van der Waals surface area (Å²) in [5, 5.41) is 13.5. The molecule has 0 saturated carbocycles. The van der Waals surface area contributed by atoms with Crippen LogP contribution in [0.5, 0.6) is 0 Å². The van der Waals surface area contributed by atoms with E-state index in [4.69, 9.17) is 0 Å². The van der Waals surface area contributed by atoms with Crippen LogP contribution in [0.2, 0.25) is 0 Å². The average molecular weight is 369 g/mol. The lowest BCUT2D eigenvalue weighted by Crippen LogP contribution is -2.59. The first-order chi connectivity index (χ1) is 12.6. The second kappa shape index (κ2) is 5.60. The molecule has 1 aliphatic heterocycles. The minimum atomic E-state index is -0.268. The summed E-state index contributed by atoms with van der Waals surface area (Å²) in [6.07, 6.45) is 0. The predicted molar refractivity (Wildman–Crippen MR) is 99.5 cm³/mol. The van der Waals surface area contributed by atoms with Gasteiger partial charge in [-0.25, -0.2) is 9.37 Å². The number of rotatable bonds is 3. The summed E-state index contributed by atoms with van der Waals surface area (Å²) in [4.78, 5) is 8.80. The maximum Gasteiger partial charge on any atom is 0.186 e. The maximum absolute atomic E-state index is 13.9. The van der Waals surface area contributed by atoms with Gasteiger partial charge in [0.25, 0.3) is 0 Å². The topological polar surface area (TPSA) is 62.5 Å². The molecule has 9 heteroatoms. The third-order valence-corrected chi connectivity index (χ3v) is 5.91. The molecule has 0 radical (unpaired) electrons. The van der Waals surface area contributed by atoms with Crippen LogP contribution >= 0.6 is 11.3 Å². The Labute approximate surface area is 152 Å². The molecule has 0 N–H and O–H groups in total. The highest BCUT2D eigenvalue weighted by atomic mass is 32.1. The zero-order valence-electron chi connectivity index (χ0n) is 14.3. The quantitative estimate of drug-likeness (QED) is 0.553. The summed E-state index contributed by atoms with van der Waals surface area (Å²) in [6.45, 7) is 3.57. The maximum atomic E-state index is 13.9. The van der Waals surface area contributed by atoms with E-state index < -0.39 is 0 Å². The van der Waals surface area contributed by atoms with Crippen molar-refractivity contribution in [2.45, 2.75) is 13.0 Å². The molecule has 1 aliphatic rings. The van der Waals surface area contributed by atoms with Crippen LogP contribution in [-0.2, 0) is 0 Å². The smallest absolute Gasteiger partial charge is 0.186 e. The first kappa shape index (κ1) is 15.4. The number of likely N-dealkylation sites (N-methyl/N-ethyl adjacent to an activating group) is 1. The number of benzene rings is 1. The summed E-state index contributed by atoms with van der Waals surface area (Å²) in [5.41, 5.74) is 1.20. The number of halogens is 1. The minimum Gasteiger partial charge on any atom is -0.351 e. The van der Waals surface area contributed by atoms with Crippen molar-refractivity contribution in [2.24, 2.45) is 0 Å². The van der Waals surface area contributed by atoms with Crippen LogP contribution < -0.4 is 9.80 Å². The van der Waals surface area contributed by atoms with Crippen molar-refractivity contribution in [3.05, 3.63) is 42.0 Å². The number of hydrogen-bond acceptors (Lipinski definition) is 7. The van der Waals surface area contributed by atoms with Crippen molar-refractivity contribution in [1.82, 2.24) is 24.8 Å². The molecule has 0 atom stereocenters. The molecular weight excluding hydrogens is 353 g/mol. The zero-order chi connectivity index (χ0) is 17.8. The van der Waals surface area contributed by atoms with Gasteiger partial charge < -0.3 is 9.80 Å². The van der Waals surface area contributed by atoms with E-state index in [-0.39, 0.29) is 5.82 Å². The number of thiazole rings is 1. The van der Waals surface area contributed by atoms with Gasteiger partial charge in [0, 0.05) is 20.1 Å². The highest BCUT2D eigenvalue weighted by molar-refractivity contribution is 7.22. The molecule has 0 spiro atoms. The standard InChI is InChI=1S/C17H16FN7S/c1-10-20-21-14-6-7-15(22-25(10)14)24-8-11(9-24)23(2)17-19-16-12(18)4-3-5-13(16)26-17/h3-7,11H,8-9H2,1-2H3. The number of anilines is 2. The highest BCUT2D eigenvalue weighted by Crippen LogP contribution is 2.32. The molecule has 0 amide bonds. The Morgan fingerprint density at radius 1 is 1.19 bits per heavy atom. The fraction of sp³-hybridized carbons (Fsp3) is 0.294. The number of fused-ring (bicyclic) bond motifs is 2. The van der Waals surface area contributed by atoms with Crippen LogP contribution in [0.25, 0.3) is 15.9 Å². The fourth-order valence-corrected chi connectivity index (χ4v) is 4.17.